The van der Waals surface area contributed by atoms with Crippen LogP contribution in [0.5, 0.6) is 5.88 Å². The van der Waals surface area contributed by atoms with Gasteiger partial charge in [-0.25, -0.2) is 4.98 Å². The first kappa shape index (κ1) is 15.0. The molecule has 1 amide bonds. The summed E-state index contributed by atoms with van der Waals surface area (Å²) in [5, 5.41) is 2.79. The van der Waals surface area contributed by atoms with E-state index in [0.717, 1.165) is 8.95 Å². The van der Waals surface area contributed by atoms with Crippen LogP contribution in [0, 0.1) is 0 Å². The zero-order valence-corrected chi connectivity index (χ0v) is 13.9. The molecule has 6 heteroatoms. The summed E-state index contributed by atoms with van der Waals surface area (Å²) >= 11 is 6.71. The number of hydrogen-bond acceptors (Lipinski definition) is 3. The van der Waals surface area contributed by atoms with Gasteiger partial charge in [0.2, 0.25) is 5.88 Å². The Morgan fingerprint density at radius 3 is 2.75 bits per heavy atom. The van der Waals surface area contributed by atoms with Gasteiger partial charge in [0, 0.05) is 15.0 Å². The molecule has 0 unspecified atom stereocenters. The number of ether oxygens (including phenoxy) is 1. The van der Waals surface area contributed by atoms with Crippen LogP contribution in [0.25, 0.3) is 0 Å². The molecule has 1 aromatic carbocycles. The van der Waals surface area contributed by atoms with Crippen LogP contribution in [-0.2, 0) is 0 Å². The Kier molecular flexibility index (Phi) is 5.14. The highest BCUT2D eigenvalue weighted by molar-refractivity contribution is 9.11. The van der Waals surface area contributed by atoms with Crippen molar-refractivity contribution in [1.29, 1.82) is 0 Å². The van der Waals surface area contributed by atoms with E-state index in [1.165, 1.54) is 0 Å². The number of carbonyl (C=O) groups is 1. The molecule has 0 fully saturated rings. The van der Waals surface area contributed by atoms with E-state index in [9.17, 15) is 4.79 Å². The molecule has 1 heterocycles. The Balaban J connectivity index is 2.13. The summed E-state index contributed by atoms with van der Waals surface area (Å²) in [5.74, 6) is 0.332. The summed E-state index contributed by atoms with van der Waals surface area (Å²) in [6.45, 7) is 2.45. The zero-order valence-electron chi connectivity index (χ0n) is 10.7. The van der Waals surface area contributed by atoms with Crippen LogP contribution >= 0.6 is 31.9 Å². The minimum atomic E-state index is -0.205. The van der Waals surface area contributed by atoms with Gasteiger partial charge in [-0.2, -0.15) is 0 Å². The van der Waals surface area contributed by atoms with Gasteiger partial charge in [0.25, 0.3) is 5.91 Å². The van der Waals surface area contributed by atoms with Gasteiger partial charge in [-0.3, -0.25) is 4.79 Å². The largest absolute Gasteiger partial charge is 0.478 e. The molecule has 1 aromatic heterocycles. The van der Waals surface area contributed by atoms with Crippen LogP contribution in [0.1, 0.15) is 17.3 Å². The first-order chi connectivity index (χ1) is 9.60. The highest BCUT2D eigenvalue weighted by atomic mass is 79.9. The lowest BCUT2D eigenvalue weighted by atomic mass is 10.2. The van der Waals surface area contributed by atoms with Crippen LogP contribution in [0.15, 0.2) is 45.5 Å². The minimum Gasteiger partial charge on any atom is -0.478 e. The zero-order chi connectivity index (χ0) is 14.5. The molecule has 0 aliphatic carbocycles. The number of hydrogen-bond donors (Lipinski definition) is 1. The predicted molar refractivity (Wildman–Crippen MR) is 85.2 cm³/mol. The third-order valence-corrected chi connectivity index (χ3v) is 3.64. The molecule has 4 nitrogen and oxygen atoms in total. The summed E-state index contributed by atoms with van der Waals surface area (Å²) in [5.41, 5.74) is 1.17. The molecule has 0 bridgehead atoms. The Labute approximate surface area is 133 Å². The quantitative estimate of drug-likeness (QED) is 0.835. The van der Waals surface area contributed by atoms with Crippen LogP contribution in [0.3, 0.4) is 0 Å². The van der Waals surface area contributed by atoms with Crippen LogP contribution in [0.2, 0.25) is 0 Å². The van der Waals surface area contributed by atoms with Crippen LogP contribution < -0.4 is 10.1 Å². The topological polar surface area (TPSA) is 51.2 Å². The van der Waals surface area contributed by atoms with E-state index >= 15 is 0 Å². The molecule has 0 saturated carbocycles. The van der Waals surface area contributed by atoms with E-state index in [2.05, 4.69) is 42.2 Å². The van der Waals surface area contributed by atoms with Gasteiger partial charge in [0.1, 0.15) is 0 Å². The summed E-state index contributed by atoms with van der Waals surface area (Å²) in [6, 6.07) is 8.90. The Morgan fingerprint density at radius 2 is 2.10 bits per heavy atom. The number of rotatable bonds is 4. The predicted octanol–water partition coefficient (Wildman–Crippen LogP) is 4.26. The summed E-state index contributed by atoms with van der Waals surface area (Å²) in [4.78, 5) is 16.3. The second-order valence-corrected chi connectivity index (χ2v) is 5.67. The van der Waals surface area contributed by atoms with E-state index in [1.54, 1.807) is 24.4 Å². The highest BCUT2D eigenvalue weighted by Crippen LogP contribution is 2.22. The summed E-state index contributed by atoms with van der Waals surface area (Å²) in [7, 11) is 0. The van der Waals surface area contributed by atoms with Crippen molar-refractivity contribution in [3.63, 3.8) is 0 Å². The van der Waals surface area contributed by atoms with Crippen molar-refractivity contribution in [2.45, 2.75) is 6.92 Å². The average Bonchev–Trinajstić information content (AvgIpc) is 2.44. The van der Waals surface area contributed by atoms with Crippen molar-refractivity contribution >= 4 is 43.5 Å². The van der Waals surface area contributed by atoms with E-state index < -0.39 is 0 Å². The fraction of sp³-hybridized carbons (Fsp3) is 0.143. The fourth-order valence-electron chi connectivity index (χ4n) is 1.56. The first-order valence-electron chi connectivity index (χ1n) is 5.95. The number of amides is 1. The molecule has 104 valence electrons. The molecular formula is C14H12Br2N2O2. The standard InChI is InChI=1S/C14H12Br2N2O2/c1-2-20-13-6-4-10(8-17-13)18-14(19)11-7-9(15)3-5-12(11)16/h3-8H,2H2,1H3,(H,18,19). The average molecular weight is 400 g/mol. The number of pyridine rings is 1. The minimum absolute atomic E-state index is 0.205. The Bertz CT molecular complexity index is 615. The number of nitrogens with zero attached hydrogens (tertiary/aromatic N) is 1. The van der Waals surface area contributed by atoms with Gasteiger partial charge in [0.15, 0.2) is 0 Å². The highest BCUT2D eigenvalue weighted by Gasteiger charge is 2.11. The van der Waals surface area contributed by atoms with Crippen molar-refractivity contribution in [3.05, 3.63) is 51.0 Å². The lowest BCUT2D eigenvalue weighted by Crippen LogP contribution is -2.12. The molecule has 0 radical (unpaired) electrons. The second-order valence-electron chi connectivity index (χ2n) is 3.90. The van der Waals surface area contributed by atoms with Gasteiger partial charge >= 0.3 is 0 Å². The van der Waals surface area contributed by atoms with Gasteiger partial charge in [-0.1, -0.05) is 15.9 Å². The SMILES string of the molecule is CCOc1ccc(NC(=O)c2cc(Br)ccc2Br)cn1. The maximum absolute atomic E-state index is 12.2. The molecular weight excluding hydrogens is 388 g/mol. The number of halogens is 2. The Morgan fingerprint density at radius 1 is 1.30 bits per heavy atom. The molecule has 0 spiro atoms. The summed E-state index contributed by atoms with van der Waals surface area (Å²) in [6.07, 6.45) is 1.56. The number of anilines is 1. The molecule has 0 saturated heterocycles. The molecule has 2 aromatic rings. The van der Waals surface area contributed by atoms with Crippen molar-refractivity contribution < 1.29 is 9.53 Å². The third kappa shape index (κ3) is 3.80. The van der Waals surface area contributed by atoms with Crippen molar-refractivity contribution in [1.82, 2.24) is 4.98 Å². The number of aromatic nitrogens is 1. The van der Waals surface area contributed by atoms with Crippen LogP contribution in [0.4, 0.5) is 5.69 Å². The van der Waals surface area contributed by atoms with E-state index in [-0.39, 0.29) is 5.91 Å². The molecule has 0 aliphatic rings. The first-order valence-corrected chi connectivity index (χ1v) is 7.54. The number of benzene rings is 1. The lowest BCUT2D eigenvalue weighted by molar-refractivity contribution is 0.102. The molecule has 20 heavy (non-hydrogen) atoms. The second kappa shape index (κ2) is 6.85. The van der Waals surface area contributed by atoms with Crippen molar-refractivity contribution in [2.75, 3.05) is 11.9 Å². The van der Waals surface area contributed by atoms with Gasteiger partial charge in [-0.05, 0) is 47.1 Å². The van der Waals surface area contributed by atoms with Gasteiger partial charge in [-0.15, -0.1) is 0 Å². The molecule has 1 N–H and O–H groups in total. The van der Waals surface area contributed by atoms with Crippen molar-refractivity contribution in [2.24, 2.45) is 0 Å². The monoisotopic (exact) mass is 398 g/mol. The third-order valence-electron chi connectivity index (χ3n) is 2.46. The number of nitrogens with one attached hydrogen (secondary N) is 1. The molecule has 2 rings (SSSR count). The Hall–Kier alpha value is -1.40. The van der Waals surface area contributed by atoms with E-state index in [0.29, 0.717) is 23.7 Å². The normalized spacial score (nSPS) is 10.2. The van der Waals surface area contributed by atoms with Crippen LogP contribution in [-0.4, -0.2) is 17.5 Å². The fourth-order valence-corrected chi connectivity index (χ4v) is 2.35. The van der Waals surface area contributed by atoms with Crippen molar-refractivity contribution in [3.8, 4) is 5.88 Å². The van der Waals surface area contributed by atoms with Gasteiger partial charge in [0.05, 0.1) is 24.1 Å². The summed E-state index contributed by atoms with van der Waals surface area (Å²) < 4.78 is 6.82. The molecule has 0 atom stereocenters. The maximum Gasteiger partial charge on any atom is 0.256 e. The van der Waals surface area contributed by atoms with E-state index in [4.69, 9.17) is 4.74 Å². The lowest BCUT2D eigenvalue weighted by Gasteiger charge is -2.08. The van der Waals surface area contributed by atoms with Gasteiger partial charge < -0.3 is 10.1 Å². The number of carbonyl (C=O) groups excluding carboxylic acids is 1. The maximum atomic E-state index is 12.2. The smallest absolute Gasteiger partial charge is 0.256 e. The molecule has 0 aliphatic heterocycles. The van der Waals surface area contributed by atoms with E-state index in [1.807, 2.05) is 19.1 Å².